The van der Waals surface area contributed by atoms with Gasteiger partial charge in [0, 0.05) is 13.5 Å². The average Bonchev–Trinajstić information content (AvgIpc) is 2.32. The molecule has 2 heteroatoms. The third kappa shape index (κ3) is 2.44. The van der Waals surface area contributed by atoms with Crippen LogP contribution in [0, 0.1) is 0 Å². The first-order valence-corrected chi connectivity index (χ1v) is 7.56. The van der Waals surface area contributed by atoms with Crippen molar-refractivity contribution in [3.05, 3.63) is 35.4 Å². The summed E-state index contributed by atoms with van der Waals surface area (Å²) in [6.45, 7) is 0. The number of hydrogen-bond acceptors (Lipinski definition) is 2. The second-order valence-corrected chi connectivity index (χ2v) is 6.22. The van der Waals surface area contributed by atoms with Gasteiger partial charge < -0.3 is 9.84 Å². The lowest BCUT2D eigenvalue weighted by Crippen LogP contribution is -2.40. The standard InChI is InChI=1S/C17H24O2/c1-19-17(10-5-11-17)12-16(18)15-9-3-2-8-14(15)13-6-4-7-13/h2-3,8-9,13,16,18H,4-7,10-12H2,1H3. The summed E-state index contributed by atoms with van der Waals surface area (Å²) in [7, 11) is 1.78. The van der Waals surface area contributed by atoms with E-state index in [1.54, 1.807) is 7.11 Å². The molecule has 0 aliphatic heterocycles. The van der Waals surface area contributed by atoms with Crippen molar-refractivity contribution < 1.29 is 9.84 Å². The molecule has 0 heterocycles. The highest BCUT2D eigenvalue weighted by Gasteiger charge is 2.39. The van der Waals surface area contributed by atoms with E-state index in [1.807, 2.05) is 6.07 Å². The first-order chi connectivity index (χ1) is 9.24. The van der Waals surface area contributed by atoms with Gasteiger partial charge in [-0.3, -0.25) is 0 Å². The van der Waals surface area contributed by atoms with Crippen LogP contribution < -0.4 is 0 Å². The highest BCUT2D eigenvalue weighted by Crippen LogP contribution is 2.44. The second kappa shape index (κ2) is 5.26. The summed E-state index contributed by atoms with van der Waals surface area (Å²) < 4.78 is 5.65. The van der Waals surface area contributed by atoms with Gasteiger partial charge in [0.1, 0.15) is 0 Å². The third-order valence-electron chi connectivity index (χ3n) is 5.16. The van der Waals surface area contributed by atoms with Gasteiger partial charge in [-0.2, -0.15) is 0 Å². The lowest BCUT2D eigenvalue weighted by atomic mass is 9.73. The van der Waals surface area contributed by atoms with Crippen LogP contribution in [0.4, 0.5) is 0 Å². The van der Waals surface area contributed by atoms with Crippen molar-refractivity contribution in [2.75, 3.05) is 7.11 Å². The molecular formula is C17H24O2. The van der Waals surface area contributed by atoms with Crippen LogP contribution in [0.5, 0.6) is 0 Å². The van der Waals surface area contributed by atoms with Crippen LogP contribution in [0.1, 0.15) is 68.1 Å². The van der Waals surface area contributed by atoms with Gasteiger partial charge in [-0.05, 0) is 49.1 Å². The number of hydrogen-bond donors (Lipinski definition) is 1. The number of ether oxygens (including phenoxy) is 1. The predicted octanol–water partition coefficient (Wildman–Crippen LogP) is 3.95. The number of aliphatic hydroxyl groups is 1. The molecule has 2 saturated carbocycles. The Kier molecular flexibility index (Phi) is 3.64. The van der Waals surface area contributed by atoms with Crippen molar-refractivity contribution >= 4 is 0 Å². The normalized spacial score (nSPS) is 23.5. The minimum atomic E-state index is -0.378. The van der Waals surface area contributed by atoms with E-state index in [2.05, 4.69) is 18.2 Å². The van der Waals surface area contributed by atoms with Crippen molar-refractivity contribution in [2.45, 2.75) is 62.6 Å². The van der Waals surface area contributed by atoms with Crippen molar-refractivity contribution in [1.29, 1.82) is 0 Å². The number of rotatable bonds is 5. The molecular weight excluding hydrogens is 236 g/mol. The highest BCUT2D eigenvalue weighted by atomic mass is 16.5. The second-order valence-electron chi connectivity index (χ2n) is 6.22. The van der Waals surface area contributed by atoms with E-state index in [9.17, 15) is 5.11 Å². The van der Waals surface area contributed by atoms with Crippen molar-refractivity contribution in [1.82, 2.24) is 0 Å². The van der Waals surface area contributed by atoms with E-state index in [0.717, 1.165) is 24.8 Å². The lowest BCUT2D eigenvalue weighted by Gasteiger charge is -2.42. The molecule has 3 rings (SSSR count). The van der Waals surface area contributed by atoms with E-state index >= 15 is 0 Å². The molecule has 1 aromatic rings. The first kappa shape index (κ1) is 13.1. The summed E-state index contributed by atoms with van der Waals surface area (Å²) in [5.41, 5.74) is 2.44. The molecule has 0 amide bonds. The van der Waals surface area contributed by atoms with Crippen LogP contribution in [-0.4, -0.2) is 17.8 Å². The smallest absolute Gasteiger partial charge is 0.0820 e. The summed E-state index contributed by atoms with van der Waals surface area (Å²) >= 11 is 0. The van der Waals surface area contributed by atoms with Crippen molar-refractivity contribution in [3.8, 4) is 0 Å². The molecule has 19 heavy (non-hydrogen) atoms. The summed E-state index contributed by atoms with van der Waals surface area (Å²) in [6.07, 6.45) is 7.66. The Labute approximate surface area is 115 Å². The molecule has 0 spiro atoms. The molecule has 1 N–H and O–H groups in total. The van der Waals surface area contributed by atoms with Crippen LogP contribution >= 0.6 is 0 Å². The van der Waals surface area contributed by atoms with Gasteiger partial charge in [-0.1, -0.05) is 30.7 Å². The third-order valence-corrected chi connectivity index (χ3v) is 5.16. The van der Waals surface area contributed by atoms with E-state index in [1.165, 1.54) is 31.2 Å². The molecule has 0 aromatic heterocycles. The Hall–Kier alpha value is -0.860. The zero-order chi connectivity index (χ0) is 13.3. The fraction of sp³-hybridized carbons (Fsp3) is 0.647. The Morgan fingerprint density at radius 2 is 2.00 bits per heavy atom. The number of methoxy groups -OCH3 is 1. The Balaban J connectivity index is 1.77. The largest absolute Gasteiger partial charge is 0.388 e. The van der Waals surface area contributed by atoms with Crippen LogP contribution in [0.3, 0.4) is 0 Å². The Morgan fingerprint density at radius 1 is 1.26 bits per heavy atom. The fourth-order valence-corrected chi connectivity index (χ4v) is 3.43. The highest BCUT2D eigenvalue weighted by molar-refractivity contribution is 5.33. The van der Waals surface area contributed by atoms with Gasteiger partial charge in [0.05, 0.1) is 11.7 Å². The molecule has 104 valence electrons. The molecule has 2 aliphatic carbocycles. The van der Waals surface area contributed by atoms with Crippen LogP contribution in [0.15, 0.2) is 24.3 Å². The van der Waals surface area contributed by atoms with Crippen LogP contribution in [0.25, 0.3) is 0 Å². The number of benzene rings is 1. The molecule has 2 aliphatic rings. The topological polar surface area (TPSA) is 29.5 Å². The zero-order valence-corrected chi connectivity index (χ0v) is 11.8. The minimum Gasteiger partial charge on any atom is -0.388 e. The maximum atomic E-state index is 10.6. The maximum Gasteiger partial charge on any atom is 0.0820 e. The van der Waals surface area contributed by atoms with E-state index in [0.29, 0.717) is 5.92 Å². The van der Waals surface area contributed by atoms with Crippen LogP contribution in [-0.2, 0) is 4.74 Å². The van der Waals surface area contributed by atoms with E-state index in [-0.39, 0.29) is 11.7 Å². The van der Waals surface area contributed by atoms with Gasteiger partial charge in [-0.15, -0.1) is 0 Å². The summed E-state index contributed by atoms with van der Waals surface area (Å²) in [6, 6.07) is 8.43. The molecule has 0 radical (unpaired) electrons. The summed E-state index contributed by atoms with van der Waals surface area (Å²) in [5, 5.41) is 10.6. The van der Waals surface area contributed by atoms with Gasteiger partial charge >= 0.3 is 0 Å². The Morgan fingerprint density at radius 3 is 2.53 bits per heavy atom. The molecule has 1 atom stereocenters. The number of aliphatic hydroxyl groups excluding tert-OH is 1. The molecule has 1 unspecified atom stereocenters. The van der Waals surface area contributed by atoms with Gasteiger partial charge in [0.15, 0.2) is 0 Å². The van der Waals surface area contributed by atoms with Gasteiger partial charge in [-0.25, -0.2) is 0 Å². The first-order valence-electron chi connectivity index (χ1n) is 7.56. The Bertz CT molecular complexity index is 427. The molecule has 0 saturated heterocycles. The predicted molar refractivity (Wildman–Crippen MR) is 76.2 cm³/mol. The fourth-order valence-electron chi connectivity index (χ4n) is 3.43. The van der Waals surface area contributed by atoms with E-state index in [4.69, 9.17) is 4.74 Å². The monoisotopic (exact) mass is 260 g/mol. The van der Waals surface area contributed by atoms with Crippen LogP contribution in [0.2, 0.25) is 0 Å². The molecule has 0 bridgehead atoms. The molecule has 1 aromatic carbocycles. The van der Waals surface area contributed by atoms with Gasteiger partial charge in [0.2, 0.25) is 0 Å². The lowest BCUT2D eigenvalue weighted by molar-refractivity contribution is -0.100. The van der Waals surface area contributed by atoms with Gasteiger partial charge in [0.25, 0.3) is 0 Å². The average molecular weight is 260 g/mol. The SMILES string of the molecule is COC1(CC(O)c2ccccc2C2CCC2)CCC1. The maximum absolute atomic E-state index is 10.6. The molecule has 2 fully saturated rings. The summed E-state index contributed by atoms with van der Waals surface area (Å²) in [4.78, 5) is 0. The summed E-state index contributed by atoms with van der Waals surface area (Å²) in [5.74, 6) is 0.672. The minimum absolute atomic E-state index is 0.0634. The molecule has 2 nitrogen and oxygen atoms in total. The quantitative estimate of drug-likeness (QED) is 0.868. The van der Waals surface area contributed by atoms with Crippen molar-refractivity contribution in [3.63, 3.8) is 0 Å². The van der Waals surface area contributed by atoms with E-state index < -0.39 is 0 Å². The zero-order valence-electron chi connectivity index (χ0n) is 11.8. The van der Waals surface area contributed by atoms with Crippen molar-refractivity contribution in [2.24, 2.45) is 0 Å².